The fourth-order valence-electron chi connectivity index (χ4n) is 3.57. The number of carbonyl (C=O) groups excluding carboxylic acids is 1. The van der Waals surface area contributed by atoms with Gasteiger partial charge in [-0.15, -0.1) is 0 Å². The van der Waals surface area contributed by atoms with Crippen molar-refractivity contribution in [1.82, 2.24) is 9.88 Å². The predicted octanol–water partition coefficient (Wildman–Crippen LogP) is 2.79. The number of fused-ring (bicyclic) bond motifs is 2. The second-order valence-corrected chi connectivity index (χ2v) is 6.40. The molecule has 1 aliphatic rings. The molecule has 4 rings (SSSR count). The molecule has 4 nitrogen and oxygen atoms in total. The smallest absolute Gasteiger partial charge is 0.235 e. The first-order valence-electron chi connectivity index (χ1n) is 8.26. The van der Waals surface area contributed by atoms with Gasteiger partial charge >= 0.3 is 0 Å². The van der Waals surface area contributed by atoms with Crippen molar-refractivity contribution in [2.24, 2.45) is 5.73 Å². The zero-order valence-corrected chi connectivity index (χ0v) is 13.7. The van der Waals surface area contributed by atoms with Crippen molar-refractivity contribution in [2.75, 3.05) is 0 Å². The lowest BCUT2D eigenvalue weighted by molar-refractivity contribution is -0.124. The Labute approximate surface area is 145 Å². The average molecular weight is 335 g/mol. The summed E-state index contributed by atoms with van der Waals surface area (Å²) in [5, 5.41) is 0.494. The summed E-state index contributed by atoms with van der Waals surface area (Å²) in [4.78, 5) is 18.4. The van der Waals surface area contributed by atoms with E-state index in [1.807, 2.05) is 23.1 Å². The van der Waals surface area contributed by atoms with Gasteiger partial charge in [-0.25, -0.2) is 4.39 Å². The number of nitrogens with two attached hydrogens (primary N) is 1. The highest BCUT2D eigenvalue weighted by Gasteiger charge is 2.30. The van der Waals surface area contributed by atoms with Gasteiger partial charge in [-0.1, -0.05) is 30.3 Å². The van der Waals surface area contributed by atoms with Crippen molar-refractivity contribution >= 4 is 16.8 Å². The first kappa shape index (κ1) is 15.7. The van der Waals surface area contributed by atoms with Crippen LogP contribution in [0.15, 0.2) is 54.7 Å². The highest BCUT2D eigenvalue weighted by atomic mass is 19.1. The molecule has 2 N–H and O–H groups in total. The SMILES string of the molecule is NC(=O)[C@@H]1Cc2ccccc2CN1Cc1ccc(F)c2cccnc12. The van der Waals surface area contributed by atoms with Gasteiger partial charge in [0.1, 0.15) is 5.82 Å². The molecule has 1 aromatic heterocycles. The van der Waals surface area contributed by atoms with Gasteiger partial charge in [0.25, 0.3) is 0 Å². The minimum atomic E-state index is -0.376. The van der Waals surface area contributed by atoms with Gasteiger partial charge in [0.2, 0.25) is 5.91 Å². The van der Waals surface area contributed by atoms with Crippen LogP contribution in [0.5, 0.6) is 0 Å². The van der Waals surface area contributed by atoms with Crippen LogP contribution in [0.4, 0.5) is 4.39 Å². The van der Waals surface area contributed by atoms with Crippen LogP contribution in [0.25, 0.3) is 10.9 Å². The second-order valence-electron chi connectivity index (χ2n) is 6.40. The molecule has 1 aliphatic heterocycles. The van der Waals surface area contributed by atoms with E-state index < -0.39 is 0 Å². The maximum atomic E-state index is 14.0. The third kappa shape index (κ3) is 2.87. The number of halogens is 1. The molecule has 1 amide bonds. The van der Waals surface area contributed by atoms with Gasteiger partial charge < -0.3 is 5.73 Å². The van der Waals surface area contributed by atoms with Crippen LogP contribution in [0.1, 0.15) is 16.7 Å². The number of primary amides is 1. The molecule has 0 radical (unpaired) electrons. The lowest BCUT2D eigenvalue weighted by atomic mass is 9.93. The van der Waals surface area contributed by atoms with Gasteiger partial charge in [-0.2, -0.15) is 0 Å². The topological polar surface area (TPSA) is 59.2 Å². The Kier molecular flexibility index (Phi) is 3.93. The van der Waals surface area contributed by atoms with E-state index >= 15 is 0 Å². The summed E-state index contributed by atoms with van der Waals surface area (Å²) in [7, 11) is 0. The van der Waals surface area contributed by atoms with E-state index in [1.54, 1.807) is 24.4 Å². The molecule has 2 heterocycles. The minimum Gasteiger partial charge on any atom is -0.368 e. The van der Waals surface area contributed by atoms with E-state index in [4.69, 9.17) is 5.73 Å². The molecular weight excluding hydrogens is 317 g/mol. The Morgan fingerprint density at radius 3 is 2.76 bits per heavy atom. The number of benzene rings is 2. The number of amides is 1. The molecule has 25 heavy (non-hydrogen) atoms. The van der Waals surface area contributed by atoms with Crippen molar-refractivity contribution < 1.29 is 9.18 Å². The molecule has 3 aromatic rings. The largest absolute Gasteiger partial charge is 0.368 e. The van der Waals surface area contributed by atoms with Crippen molar-refractivity contribution in [2.45, 2.75) is 25.6 Å². The summed E-state index contributed by atoms with van der Waals surface area (Å²) in [5.41, 5.74) is 9.52. The van der Waals surface area contributed by atoms with Crippen LogP contribution in [0, 0.1) is 5.82 Å². The number of carbonyl (C=O) groups is 1. The fraction of sp³-hybridized carbons (Fsp3) is 0.200. The Bertz CT molecular complexity index is 957. The first-order valence-corrected chi connectivity index (χ1v) is 8.26. The summed E-state index contributed by atoms with van der Waals surface area (Å²) >= 11 is 0. The van der Waals surface area contributed by atoms with E-state index in [0.29, 0.717) is 30.4 Å². The summed E-state index contributed by atoms with van der Waals surface area (Å²) in [5.74, 6) is -0.629. The maximum Gasteiger partial charge on any atom is 0.235 e. The second kappa shape index (κ2) is 6.26. The van der Waals surface area contributed by atoms with Crippen molar-refractivity contribution in [3.8, 4) is 0 Å². The van der Waals surface area contributed by atoms with Crippen molar-refractivity contribution in [3.05, 3.63) is 77.2 Å². The number of nitrogens with zero attached hydrogens (tertiary/aromatic N) is 2. The number of hydrogen-bond acceptors (Lipinski definition) is 3. The molecule has 0 aliphatic carbocycles. The van der Waals surface area contributed by atoms with Crippen molar-refractivity contribution in [3.63, 3.8) is 0 Å². The highest BCUT2D eigenvalue weighted by Crippen LogP contribution is 2.27. The Balaban J connectivity index is 1.72. The lowest BCUT2D eigenvalue weighted by Crippen LogP contribution is -2.48. The normalized spacial score (nSPS) is 17.4. The van der Waals surface area contributed by atoms with Gasteiger partial charge in [0, 0.05) is 24.7 Å². The zero-order valence-electron chi connectivity index (χ0n) is 13.7. The minimum absolute atomic E-state index is 0.290. The standard InChI is InChI=1S/C20H18FN3O/c21-17-8-7-15(19-16(17)6-3-9-23-19)12-24-11-14-5-2-1-4-13(14)10-18(24)20(22)25/h1-9,18H,10-12H2,(H2,22,25)/t18-/m0/s1. The Hall–Kier alpha value is -2.79. The molecule has 0 unspecified atom stereocenters. The lowest BCUT2D eigenvalue weighted by Gasteiger charge is -2.35. The van der Waals surface area contributed by atoms with Gasteiger partial charge in [-0.3, -0.25) is 14.7 Å². The monoisotopic (exact) mass is 335 g/mol. The zero-order chi connectivity index (χ0) is 17.4. The average Bonchev–Trinajstić information content (AvgIpc) is 2.63. The molecule has 1 atom stereocenters. The quantitative estimate of drug-likeness (QED) is 0.801. The predicted molar refractivity (Wildman–Crippen MR) is 94.1 cm³/mol. The van der Waals surface area contributed by atoms with Crippen LogP contribution in [0.2, 0.25) is 0 Å². The third-order valence-corrected chi connectivity index (χ3v) is 4.85. The molecular formula is C20H18FN3O. The van der Waals surface area contributed by atoms with E-state index in [-0.39, 0.29) is 17.8 Å². The van der Waals surface area contributed by atoms with E-state index in [9.17, 15) is 9.18 Å². The molecule has 0 saturated carbocycles. The molecule has 5 heteroatoms. The molecule has 0 saturated heterocycles. The molecule has 126 valence electrons. The number of hydrogen-bond donors (Lipinski definition) is 1. The van der Waals surface area contributed by atoms with Crippen molar-refractivity contribution in [1.29, 1.82) is 0 Å². The molecule has 0 spiro atoms. The van der Waals surface area contributed by atoms with Gasteiger partial charge in [-0.05, 0) is 41.3 Å². The summed E-state index contributed by atoms with van der Waals surface area (Å²) < 4.78 is 14.0. The van der Waals surface area contributed by atoms with Gasteiger partial charge in [0.15, 0.2) is 0 Å². The Morgan fingerprint density at radius 1 is 1.16 bits per heavy atom. The number of pyridine rings is 1. The number of aromatic nitrogens is 1. The fourth-order valence-corrected chi connectivity index (χ4v) is 3.57. The van der Waals surface area contributed by atoms with Crippen LogP contribution >= 0.6 is 0 Å². The van der Waals surface area contributed by atoms with Crippen LogP contribution in [0.3, 0.4) is 0 Å². The van der Waals surface area contributed by atoms with Crippen LogP contribution < -0.4 is 5.73 Å². The molecule has 0 fully saturated rings. The summed E-state index contributed by atoms with van der Waals surface area (Å²) in [6.07, 6.45) is 2.25. The van der Waals surface area contributed by atoms with Gasteiger partial charge in [0.05, 0.1) is 11.6 Å². The molecule has 0 bridgehead atoms. The molecule has 2 aromatic carbocycles. The van der Waals surface area contributed by atoms with Crippen LogP contribution in [-0.2, 0) is 24.3 Å². The van der Waals surface area contributed by atoms with E-state index in [1.165, 1.54) is 11.6 Å². The summed E-state index contributed by atoms with van der Waals surface area (Å²) in [6.45, 7) is 1.13. The number of rotatable bonds is 3. The first-order chi connectivity index (χ1) is 12.1. The summed E-state index contributed by atoms with van der Waals surface area (Å²) in [6, 6.07) is 14.3. The Morgan fingerprint density at radius 2 is 1.96 bits per heavy atom. The highest BCUT2D eigenvalue weighted by molar-refractivity contribution is 5.83. The van der Waals surface area contributed by atoms with E-state index in [0.717, 1.165) is 11.1 Å². The van der Waals surface area contributed by atoms with E-state index in [2.05, 4.69) is 11.1 Å². The third-order valence-electron chi connectivity index (χ3n) is 4.85. The van der Waals surface area contributed by atoms with Crippen LogP contribution in [-0.4, -0.2) is 21.8 Å². The maximum absolute atomic E-state index is 14.0.